The molecule has 0 spiro atoms. The maximum absolute atomic E-state index is 11.6. The Kier molecular flexibility index (Phi) is 5.60. The van der Waals surface area contributed by atoms with Gasteiger partial charge in [-0.15, -0.1) is 0 Å². The van der Waals surface area contributed by atoms with E-state index in [0.29, 0.717) is 5.02 Å². The fraction of sp³-hybridized carbons (Fsp3) is 0.182. The van der Waals surface area contributed by atoms with E-state index in [0.717, 1.165) is 0 Å². The summed E-state index contributed by atoms with van der Waals surface area (Å²) >= 11 is 11.5. The number of halogens is 2. The average molecular weight is 321 g/mol. The van der Waals surface area contributed by atoms with Crippen LogP contribution in [0.4, 0.5) is 10.5 Å². The third-order valence-electron chi connectivity index (χ3n) is 2.16. The molecule has 0 bridgehead atoms. The number of aliphatic carboxylic acids is 2. The molecule has 7 nitrogen and oxygen atoms in total. The molecule has 1 unspecified atom stereocenters. The van der Waals surface area contributed by atoms with E-state index in [1.54, 1.807) is 0 Å². The predicted octanol–water partition coefficient (Wildman–Crippen LogP) is 2.04. The number of nitrogens with one attached hydrogen (secondary N) is 2. The van der Waals surface area contributed by atoms with Gasteiger partial charge in [-0.25, -0.2) is 9.59 Å². The molecule has 0 fully saturated rings. The van der Waals surface area contributed by atoms with Crippen LogP contribution in [0, 0.1) is 0 Å². The number of carbonyl (C=O) groups is 3. The number of rotatable bonds is 5. The second-order valence-corrected chi connectivity index (χ2v) is 4.55. The van der Waals surface area contributed by atoms with Crippen molar-refractivity contribution < 1.29 is 24.6 Å². The summed E-state index contributed by atoms with van der Waals surface area (Å²) in [4.78, 5) is 32.9. The van der Waals surface area contributed by atoms with E-state index in [1.807, 2.05) is 5.32 Å². The fourth-order valence-electron chi connectivity index (χ4n) is 1.28. The molecule has 0 radical (unpaired) electrons. The maximum Gasteiger partial charge on any atom is 0.326 e. The molecule has 0 aliphatic rings. The smallest absolute Gasteiger partial charge is 0.326 e. The second-order valence-electron chi connectivity index (χ2n) is 3.71. The van der Waals surface area contributed by atoms with Gasteiger partial charge >= 0.3 is 18.0 Å². The van der Waals surface area contributed by atoms with Gasteiger partial charge in [0.2, 0.25) is 0 Å². The first-order valence-corrected chi connectivity index (χ1v) is 6.02. The number of benzene rings is 1. The normalized spacial score (nSPS) is 11.5. The van der Waals surface area contributed by atoms with E-state index in [-0.39, 0.29) is 10.7 Å². The van der Waals surface area contributed by atoms with Crippen LogP contribution in [0.25, 0.3) is 0 Å². The van der Waals surface area contributed by atoms with Gasteiger partial charge in [-0.1, -0.05) is 23.2 Å². The van der Waals surface area contributed by atoms with Crippen molar-refractivity contribution in [2.75, 3.05) is 5.32 Å². The Morgan fingerprint density at radius 1 is 1.20 bits per heavy atom. The Morgan fingerprint density at radius 3 is 2.40 bits per heavy atom. The molecule has 0 saturated heterocycles. The van der Waals surface area contributed by atoms with Crippen LogP contribution in [-0.4, -0.2) is 34.2 Å². The zero-order valence-electron chi connectivity index (χ0n) is 9.89. The Hall–Kier alpha value is -1.99. The highest BCUT2D eigenvalue weighted by molar-refractivity contribution is 6.35. The summed E-state index contributed by atoms with van der Waals surface area (Å²) in [5.41, 5.74) is 0.177. The van der Waals surface area contributed by atoms with Crippen molar-refractivity contribution in [2.45, 2.75) is 12.5 Å². The minimum atomic E-state index is -1.55. The Morgan fingerprint density at radius 2 is 1.85 bits per heavy atom. The van der Waals surface area contributed by atoms with Crippen LogP contribution in [0.1, 0.15) is 6.42 Å². The lowest BCUT2D eigenvalue weighted by Crippen LogP contribution is -2.44. The second kappa shape index (κ2) is 6.97. The summed E-state index contributed by atoms with van der Waals surface area (Å²) in [6.07, 6.45) is -0.744. The maximum atomic E-state index is 11.6. The highest BCUT2D eigenvalue weighted by Crippen LogP contribution is 2.25. The van der Waals surface area contributed by atoms with Crippen LogP contribution in [0.2, 0.25) is 10.0 Å². The van der Waals surface area contributed by atoms with Crippen LogP contribution in [0.3, 0.4) is 0 Å². The quantitative estimate of drug-likeness (QED) is 0.662. The molecule has 108 valence electrons. The molecule has 0 saturated carbocycles. The average Bonchev–Trinajstić information content (AvgIpc) is 2.32. The summed E-state index contributed by atoms with van der Waals surface area (Å²) in [5.74, 6) is -2.81. The molecule has 1 atom stereocenters. The predicted molar refractivity (Wildman–Crippen MR) is 72.3 cm³/mol. The van der Waals surface area contributed by atoms with Crippen LogP contribution >= 0.6 is 23.2 Å². The van der Waals surface area contributed by atoms with Crippen molar-refractivity contribution in [3.05, 3.63) is 28.2 Å². The minimum absolute atomic E-state index is 0.177. The van der Waals surface area contributed by atoms with Gasteiger partial charge in [-0.05, 0) is 18.2 Å². The molecule has 0 aliphatic carbocycles. The van der Waals surface area contributed by atoms with Gasteiger partial charge in [-0.3, -0.25) is 4.79 Å². The molecule has 0 heterocycles. The van der Waals surface area contributed by atoms with Crippen LogP contribution in [-0.2, 0) is 9.59 Å². The molecule has 20 heavy (non-hydrogen) atoms. The number of hydrogen-bond donors (Lipinski definition) is 4. The zero-order chi connectivity index (χ0) is 15.3. The number of anilines is 1. The van der Waals surface area contributed by atoms with Gasteiger partial charge in [0.1, 0.15) is 6.04 Å². The van der Waals surface area contributed by atoms with Crippen molar-refractivity contribution in [1.29, 1.82) is 0 Å². The summed E-state index contributed by atoms with van der Waals surface area (Å²) in [6, 6.07) is 1.88. The molecule has 9 heteroatoms. The Bertz CT molecular complexity index is 550. The number of amides is 2. The zero-order valence-corrected chi connectivity index (χ0v) is 11.4. The number of carboxylic acid groups (broad SMARTS) is 2. The van der Waals surface area contributed by atoms with Crippen molar-refractivity contribution in [3.63, 3.8) is 0 Å². The summed E-state index contributed by atoms with van der Waals surface area (Å²) < 4.78 is 0. The third kappa shape index (κ3) is 4.94. The highest BCUT2D eigenvalue weighted by atomic mass is 35.5. The number of carbonyl (C=O) groups excluding carboxylic acids is 1. The molecule has 1 aromatic carbocycles. The van der Waals surface area contributed by atoms with Crippen molar-refractivity contribution in [1.82, 2.24) is 5.32 Å². The lowest BCUT2D eigenvalue weighted by atomic mass is 10.2. The molecule has 2 amide bonds. The SMILES string of the molecule is O=C(O)CC(NC(=O)Nc1cc(Cl)ccc1Cl)C(=O)O. The Balaban J connectivity index is 2.72. The summed E-state index contributed by atoms with van der Waals surface area (Å²) in [6.45, 7) is 0. The monoisotopic (exact) mass is 320 g/mol. The lowest BCUT2D eigenvalue weighted by molar-refractivity contribution is -0.145. The van der Waals surface area contributed by atoms with Gasteiger partial charge in [0.15, 0.2) is 0 Å². The van der Waals surface area contributed by atoms with E-state index in [2.05, 4.69) is 5.32 Å². The van der Waals surface area contributed by atoms with Crippen LogP contribution in [0.5, 0.6) is 0 Å². The summed E-state index contributed by atoms with van der Waals surface area (Å²) in [7, 11) is 0. The molecule has 1 rings (SSSR count). The van der Waals surface area contributed by atoms with Crippen molar-refractivity contribution >= 4 is 46.9 Å². The first-order chi connectivity index (χ1) is 9.29. The molecule has 1 aromatic rings. The number of carboxylic acids is 2. The molecule has 0 aliphatic heterocycles. The van der Waals surface area contributed by atoms with E-state index in [1.165, 1.54) is 18.2 Å². The van der Waals surface area contributed by atoms with Crippen molar-refractivity contribution in [2.24, 2.45) is 0 Å². The highest BCUT2D eigenvalue weighted by Gasteiger charge is 2.23. The van der Waals surface area contributed by atoms with Gasteiger partial charge in [-0.2, -0.15) is 0 Å². The van der Waals surface area contributed by atoms with E-state index < -0.39 is 30.4 Å². The van der Waals surface area contributed by atoms with Crippen molar-refractivity contribution in [3.8, 4) is 0 Å². The molecular weight excluding hydrogens is 311 g/mol. The van der Waals surface area contributed by atoms with Crippen LogP contribution < -0.4 is 10.6 Å². The number of hydrogen-bond acceptors (Lipinski definition) is 3. The first-order valence-electron chi connectivity index (χ1n) is 5.26. The fourth-order valence-corrected chi connectivity index (χ4v) is 1.62. The topological polar surface area (TPSA) is 116 Å². The van der Waals surface area contributed by atoms with Gasteiger partial charge in [0.05, 0.1) is 17.1 Å². The van der Waals surface area contributed by atoms with Gasteiger partial charge < -0.3 is 20.8 Å². The van der Waals surface area contributed by atoms with Gasteiger partial charge in [0.25, 0.3) is 0 Å². The van der Waals surface area contributed by atoms with Gasteiger partial charge in [0, 0.05) is 5.02 Å². The standard InChI is InChI=1S/C11H10Cl2N2O5/c12-5-1-2-6(13)7(3-5)14-11(20)15-8(10(18)19)4-9(16)17/h1-3,8H,4H2,(H,16,17)(H,18,19)(H2,14,15,20). The van der Waals surface area contributed by atoms with E-state index in [9.17, 15) is 14.4 Å². The van der Waals surface area contributed by atoms with E-state index >= 15 is 0 Å². The molecule has 4 N–H and O–H groups in total. The van der Waals surface area contributed by atoms with Crippen LogP contribution in [0.15, 0.2) is 18.2 Å². The first kappa shape index (κ1) is 16.1. The number of urea groups is 1. The summed E-state index contributed by atoms with van der Waals surface area (Å²) in [5, 5.41) is 22.2. The molecular formula is C11H10Cl2N2O5. The molecule has 0 aromatic heterocycles. The largest absolute Gasteiger partial charge is 0.481 e. The minimum Gasteiger partial charge on any atom is -0.481 e. The lowest BCUT2D eigenvalue weighted by Gasteiger charge is -2.14. The third-order valence-corrected chi connectivity index (χ3v) is 2.72. The van der Waals surface area contributed by atoms with E-state index in [4.69, 9.17) is 33.4 Å². The Labute approximate surface area is 123 Å².